The monoisotopic (exact) mass is 1020 g/mol. The molecule has 3 nitrogen and oxygen atoms in total. The van der Waals surface area contributed by atoms with Gasteiger partial charge >= 0.3 is 0 Å². The van der Waals surface area contributed by atoms with E-state index in [9.17, 15) is 0 Å². The van der Waals surface area contributed by atoms with Crippen LogP contribution in [0.5, 0.6) is 0 Å². The molecule has 0 bridgehead atoms. The lowest BCUT2D eigenvalue weighted by atomic mass is 9.96. The second-order valence-corrected chi connectivity index (χ2v) is 21.8. The van der Waals surface area contributed by atoms with Gasteiger partial charge in [-0.3, -0.25) is 0 Å². The van der Waals surface area contributed by atoms with Crippen LogP contribution in [0, 0.1) is 0 Å². The molecule has 0 spiro atoms. The smallest absolute Gasteiger partial charge is 0.0634 e. The third-order valence-corrected chi connectivity index (χ3v) is 17.5. The van der Waals surface area contributed by atoms with Crippen LogP contribution in [0.25, 0.3) is 101 Å². The van der Waals surface area contributed by atoms with Gasteiger partial charge in [-0.25, -0.2) is 0 Å². The Balaban J connectivity index is 0.999. The maximum atomic E-state index is 2.48. The van der Waals surface area contributed by atoms with Crippen LogP contribution in [-0.2, 0) is 0 Å². The van der Waals surface area contributed by atoms with Crippen molar-refractivity contribution in [1.82, 2.24) is 4.57 Å². The van der Waals surface area contributed by atoms with Crippen molar-refractivity contribution in [3.8, 4) is 39.1 Å². The summed E-state index contributed by atoms with van der Waals surface area (Å²) in [6, 6.07) is 104. The summed E-state index contributed by atoms with van der Waals surface area (Å²) in [6.45, 7) is 0. The van der Waals surface area contributed by atoms with Crippen LogP contribution in [0.15, 0.2) is 285 Å². The molecule has 0 fully saturated rings. The number of para-hydroxylation sites is 4. The fourth-order valence-electron chi connectivity index (χ4n) is 11.7. The minimum absolute atomic E-state index is 1.05. The van der Waals surface area contributed by atoms with Crippen LogP contribution in [0.2, 0.25) is 0 Å². The van der Waals surface area contributed by atoms with E-state index in [0.29, 0.717) is 0 Å². The Labute approximate surface area is 454 Å². The van der Waals surface area contributed by atoms with Crippen LogP contribution in [-0.4, -0.2) is 4.57 Å². The molecule has 0 radical (unpaired) electrons. The van der Waals surface area contributed by atoms with Crippen LogP contribution in [0.4, 0.5) is 34.1 Å². The highest BCUT2D eigenvalue weighted by molar-refractivity contribution is 7.26. The third-order valence-electron chi connectivity index (χ3n) is 15.1. The Morgan fingerprint density at radius 2 is 0.753 bits per heavy atom. The largest absolute Gasteiger partial charge is 0.310 e. The maximum absolute atomic E-state index is 2.48. The molecule has 15 aromatic rings. The van der Waals surface area contributed by atoms with E-state index in [1.165, 1.54) is 90.0 Å². The fraction of sp³-hybridized carbons (Fsp3) is 0. The first-order valence-corrected chi connectivity index (χ1v) is 27.8. The van der Waals surface area contributed by atoms with Crippen LogP contribution >= 0.6 is 22.7 Å². The van der Waals surface area contributed by atoms with Crippen LogP contribution in [0.3, 0.4) is 0 Å². The second-order valence-electron chi connectivity index (χ2n) is 19.6. The number of anilines is 6. The van der Waals surface area contributed by atoms with Gasteiger partial charge in [-0.05, 0) is 137 Å². The zero-order chi connectivity index (χ0) is 50.8. The molecule has 0 atom stereocenters. The minimum Gasteiger partial charge on any atom is -0.310 e. The van der Waals surface area contributed by atoms with Gasteiger partial charge in [0.15, 0.2) is 0 Å². The molecule has 0 N–H and O–H groups in total. The summed E-state index contributed by atoms with van der Waals surface area (Å²) in [5.41, 5.74) is 17.1. The first-order chi connectivity index (χ1) is 38.2. The number of benzene rings is 12. The standard InChI is InChI=1S/C72H47N3S2/c1-5-20-48(21-6-1)49-36-40-55(41-37-49)73(52-22-7-2-8-23-52)57-44-51(63-47-64-60-28-13-16-32-65(60)75(54-26-11-4-12-27-54)71(64)70-62-30-15-18-34-67(62)77-72(63)70)45-58(46-57)74(53-24-9-3-10-25-53)56-42-38-50(39-43-56)59-31-19-35-68-69(59)61-29-14-17-33-66(61)76-68/h1-47H. The number of hydrogen-bond donors (Lipinski definition) is 0. The predicted octanol–water partition coefficient (Wildman–Crippen LogP) is 21.5. The zero-order valence-corrected chi connectivity index (χ0v) is 43.4. The highest BCUT2D eigenvalue weighted by atomic mass is 32.1. The Morgan fingerprint density at radius 1 is 0.273 bits per heavy atom. The van der Waals surface area contributed by atoms with Crippen molar-refractivity contribution >= 4 is 119 Å². The molecule has 3 aromatic heterocycles. The van der Waals surface area contributed by atoms with Crippen molar-refractivity contribution in [3.05, 3.63) is 285 Å². The lowest BCUT2D eigenvalue weighted by molar-refractivity contribution is 1.19. The van der Waals surface area contributed by atoms with Gasteiger partial charge in [0.25, 0.3) is 0 Å². The lowest BCUT2D eigenvalue weighted by Crippen LogP contribution is -2.13. The Hall–Kier alpha value is -9.52. The summed E-state index contributed by atoms with van der Waals surface area (Å²) in [7, 11) is 0. The first-order valence-electron chi connectivity index (χ1n) is 26.1. The summed E-state index contributed by atoms with van der Waals surface area (Å²) in [4.78, 5) is 4.85. The van der Waals surface area contributed by atoms with Gasteiger partial charge in [0.05, 0.1) is 11.0 Å². The van der Waals surface area contributed by atoms with Crippen molar-refractivity contribution in [3.63, 3.8) is 0 Å². The van der Waals surface area contributed by atoms with Gasteiger partial charge < -0.3 is 14.4 Å². The number of rotatable bonds is 10. The molecule has 0 amide bonds. The average Bonchev–Trinajstić information content (AvgIpc) is 4.40. The van der Waals surface area contributed by atoms with Crippen molar-refractivity contribution in [2.24, 2.45) is 0 Å². The molecule has 0 aliphatic heterocycles. The molecule has 0 aliphatic rings. The molecule has 12 aromatic carbocycles. The number of fused-ring (bicyclic) bond motifs is 10. The maximum Gasteiger partial charge on any atom is 0.0634 e. The van der Waals surface area contributed by atoms with Crippen molar-refractivity contribution in [2.45, 2.75) is 0 Å². The van der Waals surface area contributed by atoms with Gasteiger partial charge in [-0.2, -0.15) is 0 Å². The van der Waals surface area contributed by atoms with Gasteiger partial charge in [-0.15, -0.1) is 22.7 Å². The quantitative estimate of drug-likeness (QED) is 0.135. The lowest BCUT2D eigenvalue weighted by Gasteiger charge is -2.30. The van der Waals surface area contributed by atoms with Gasteiger partial charge in [0.1, 0.15) is 0 Å². The SMILES string of the molecule is c1ccc(-c2ccc(N(c3ccccc3)c3cc(-c4cc5c6ccccc6n(-c6ccccc6)c5c5c4sc4ccccc45)cc(N(c4ccccc4)c4ccc(-c5cccc6sc7ccccc7c56)cc4)c3)cc2)cc1. The Kier molecular flexibility index (Phi) is 10.9. The molecule has 15 rings (SSSR count). The molecule has 3 heterocycles. The summed E-state index contributed by atoms with van der Waals surface area (Å²) in [5, 5.41) is 7.59. The minimum atomic E-state index is 1.05. The van der Waals surface area contributed by atoms with Gasteiger partial charge in [0.2, 0.25) is 0 Å². The molecule has 5 heteroatoms. The van der Waals surface area contributed by atoms with E-state index in [1.54, 1.807) is 0 Å². The summed E-state index contributed by atoms with van der Waals surface area (Å²) >= 11 is 3.75. The summed E-state index contributed by atoms with van der Waals surface area (Å²) < 4.78 is 7.61. The molecule has 362 valence electrons. The van der Waals surface area contributed by atoms with Crippen molar-refractivity contribution < 1.29 is 0 Å². The van der Waals surface area contributed by atoms with Crippen LogP contribution in [0.1, 0.15) is 0 Å². The van der Waals surface area contributed by atoms with Crippen LogP contribution < -0.4 is 9.80 Å². The second kappa shape index (κ2) is 18.7. The highest BCUT2D eigenvalue weighted by Gasteiger charge is 2.25. The molecular weight excluding hydrogens is 971 g/mol. The van der Waals surface area contributed by atoms with Gasteiger partial charge in [-0.1, -0.05) is 176 Å². The van der Waals surface area contributed by atoms with E-state index in [0.717, 1.165) is 45.4 Å². The summed E-state index contributed by atoms with van der Waals surface area (Å²) in [6.07, 6.45) is 0. The molecule has 0 unspecified atom stereocenters. The average molecular weight is 1020 g/mol. The van der Waals surface area contributed by atoms with E-state index in [2.05, 4.69) is 299 Å². The Morgan fingerprint density at radius 3 is 1.39 bits per heavy atom. The normalized spacial score (nSPS) is 11.6. The number of nitrogens with zero attached hydrogens (tertiary/aromatic N) is 3. The topological polar surface area (TPSA) is 11.4 Å². The van der Waals surface area contributed by atoms with E-state index in [4.69, 9.17) is 0 Å². The van der Waals surface area contributed by atoms with Crippen molar-refractivity contribution in [1.29, 1.82) is 0 Å². The molecule has 0 aliphatic carbocycles. The fourth-order valence-corrected chi connectivity index (χ4v) is 14.1. The third kappa shape index (κ3) is 7.70. The molecule has 0 saturated heterocycles. The number of hydrogen-bond acceptors (Lipinski definition) is 4. The van der Waals surface area contributed by atoms with E-state index in [1.807, 2.05) is 22.7 Å². The zero-order valence-electron chi connectivity index (χ0n) is 41.8. The number of thiophene rings is 2. The van der Waals surface area contributed by atoms with E-state index < -0.39 is 0 Å². The summed E-state index contributed by atoms with van der Waals surface area (Å²) in [5.74, 6) is 0. The molecule has 0 saturated carbocycles. The highest BCUT2D eigenvalue weighted by Crippen LogP contribution is 2.51. The molecular formula is C72H47N3S2. The number of aromatic nitrogens is 1. The van der Waals surface area contributed by atoms with Crippen molar-refractivity contribution in [2.75, 3.05) is 9.80 Å². The van der Waals surface area contributed by atoms with E-state index >= 15 is 0 Å². The van der Waals surface area contributed by atoms with Gasteiger partial charge in [0, 0.05) is 96.5 Å². The first kappa shape index (κ1) is 44.9. The van der Waals surface area contributed by atoms with E-state index in [-0.39, 0.29) is 0 Å². The Bertz CT molecular complexity index is 4660. The predicted molar refractivity (Wildman–Crippen MR) is 332 cm³/mol. The molecule has 77 heavy (non-hydrogen) atoms.